The van der Waals surface area contributed by atoms with E-state index in [0.29, 0.717) is 0 Å². The third-order valence-corrected chi connectivity index (χ3v) is 7.04. The largest absolute Gasteiger partial charge is 0.0616 e. The van der Waals surface area contributed by atoms with Crippen LogP contribution in [0.25, 0.3) is 65.3 Å². The first-order valence-electron chi connectivity index (χ1n) is 11.8. The van der Waals surface area contributed by atoms with Gasteiger partial charge >= 0.3 is 0 Å². The predicted molar refractivity (Wildman–Crippen MR) is 147 cm³/mol. The molecule has 0 saturated carbocycles. The molecule has 0 heteroatoms. The third kappa shape index (κ3) is 2.93. The summed E-state index contributed by atoms with van der Waals surface area (Å²) in [6.07, 6.45) is 0. The number of fused-ring (bicyclic) bond motifs is 5. The predicted octanol–water partition coefficient (Wildman–Crippen LogP) is 9.63. The van der Waals surface area contributed by atoms with Gasteiger partial charge in [0.05, 0.1) is 0 Å². The Hall–Kier alpha value is -4.42. The molecule has 0 spiro atoms. The smallest absolute Gasteiger partial charge is 0.00928 e. The standard InChI is InChI=1S/C34H22/c1-2-10-24-21-26(18-17-23(24)9-1)28-19-20-33(31-15-7-5-14-30(28)31)34-22-25-11-3-4-12-27(25)29-13-6-8-16-32(29)34/h1-22H. The van der Waals surface area contributed by atoms with Crippen LogP contribution < -0.4 is 0 Å². The Balaban J connectivity index is 1.52. The summed E-state index contributed by atoms with van der Waals surface area (Å²) in [5.74, 6) is 0. The lowest BCUT2D eigenvalue weighted by Crippen LogP contribution is -1.89. The van der Waals surface area contributed by atoms with Crippen LogP contribution in [0.3, 0.4) is 0 Å². The van der Waals surface area contributed by atoms with E-state index in [1.807, 2.05) is 0 Å². The molecule has 34 heavy (non-hydrogen) atoms. The minimum absolute atomic E-state index is 1.25. The molecule has 158 valence electrons. The van der Waals surface area contributed by atoms with Gasteiger partial charge in [0.15, 0.2) is 0 Å². The first kappa shape index (κ1) is 19.1. The average molecular weight is 431 g/mol. The minimum atomic E-state index is 1.25. The van der Waals surface area contributed by atoms with Crippen LogP contribution >= 0.6 is 0 Å². The minimum Gasteiger partial charge on any atom is -0.0616 e. The topological polar surface area (TPSA) is 0 Å². The lowest BCUT2D eigenvalue weighted by atomic mass is 9.88. The average Bonchev–Trinajstić information content (AvgIpc) is 2.92. The van der Waals surface area contributed by atoms with Gasteiger partial charge in [-0.3, -0.25) is 0 Å². The molecule has 0 radical (unpaired) electrons. The van der Waals surface area contributed by atoms with Crippen molar-refractivity contribution in [1.29, 1.82) is 0 Å². The fourth-order valence-electron chi connectivity index (χ4n) is 5.42. The van der Waals surface area contributed by atoms with Gasteiger partial charge in [0.1, 0.15) is 0 Å². The maximum absolute atomic E-state index is 2.36. The van der Waals surface area contributed by atoms with Gasteiger partial charge in [0.2, 0.25) is 0 Å². The first-order chi connectivity index (χ1) is 16.9. The summed E-state index contributed by atoms with van der Waals surface area (Å²) in [5, 5.41) is 10.3. The van der Waals surface area contributed by atoms with Crippen molar-refractivity contribution >= 4 is 43.1 Å². The number of hydrogen-bond donors (Lipinski definition) is 0. The fourth-order valence-corrected chi connectivity index (χ4v) is 5.42. The van der Waals surface area contributed by atoms with Crippen molar-refractivity contribution in [3.8, 4) is 22.3 Å². The van der Waals surface area contributed by atoms with Gasteiger partial charge in [-0.1, -0.05) is 121 Å². The lowest BCUT2D eigenvalue weighted by Gasteiger charge is -2.16. The summed E-state index contributed by atoms with van der Waals surface area (Å²) in [6.45, 7) is 0. The number of benzene rings is 7. The molecule has 0 bridgehead atoms. The van der Waals surface area contributed by atoms with Crippen molar-refractivity contribution < 1.29 is 0 Å². The Kier molecular flexibility index (Phi) is 4.25. The normalized spacial score (nSPS) is 11.5. The molecule has 7 aromatic rings. The summed E-state index contributed by atoms with van der Waals surface area (Å²) in [5.41, 5.74) is 5.10. The Bertz CT molecular complexity index is 1860. The van der Waals surface area contributed by atoms with Crippen LogP contribution in [0.5, 0.6) is 0 Å². The quantitative estimate of drug-likeness (QED) is 0.239. The molecular formula is C34H22. The molecule has 7 aromatic carbocycles. The molecular weight excluding hydrogens is 408 g/mol. The van der Waals surface area contributed by atoms with Gasteiger partial charge < -0.3 is 0 Å². The van der Waals surface area contributed by atoms with Gasteiger partial charge in [0.25, 0.3) is 0 Å². The molecule has 0 aromatic heterocycles. The first-order valence-corrected chi connectivity index (χ1v) is 11.8. The second-order valence-corrected chi connectivity index (χ2v) is 8.96. The van der Waals surface area contributed by atoms with Crippen molar-refractivity contribution in [2.45, 2.75) is 0 Å². The number of hydrogen-bond acceptors (Lipinski definition) is 0. The zero-order chi connectivity index (χ0) is 22.5. The zero-order valence-corrected chi connectivity index (χ0v) is 18.7. The van der Waals surface area contributed by atoms with Crippen molar-refractivity contribution in [3.63, 3.8) is 0 Å². The second kappa shape index (κ2) is 7.57. The van der Waals surface area contributed by atoms with Gasteiger partial charge in [-0.2, -0.15) is 0 Å². The van der Waals surface area contributed by atoms with E-state index < -0.39 is 0 Å². The van der Waals surface area contributed by atoms with Crippen LogP contribution in [0, 0.1) is 0 Å². The molecule has 0 aliphatic heterocycles. The molecule has 0 unspecified atom stereocenters. The number of rotatable bonds is 2. The second-order valence-electron chi connectivity index (χ2n) is 8.96. The highest BCUT2D eigenvalue weighted by Gasteiger charge is 2.13. The Morgan fingerprint density at radius 1 is 0.265 bits per heavy atom. The van der Waals surface area contributed by atoms with Crippen LogP contribution in [-0.4, -0.2) is 0 Å². The molecule has 0 nitrogen and oxygen atoms in total. The Morgan fingerprint density at radius 2 is 0.794 bits per heavy atom. The molecule has 0 saturated heterocycles. The van der Waals surface area contributed by atoms with E-state index in [9.17, 15) is 0 Å². The van der Waals surface area contributed by atoms with Crippen molar-refractivity contribution in [2.24, 2.45) is 0 Å². The van der Waals surface area contributed by atoms with E-state index in [-0.39, 0.29) is 0 Å². The summed E-state index contributed by atoms with van der Waals surface area (Å²) >= 11 is 0. The van der Waals surface area contributed by atoms with Gasteiger partial charge in [0, 0.05) is 0 Å². The maximum atomic E-state index is 2.36. The summed E-state index contributed by atoms with van der Waals surface area (Å²) < 4.78 is 0. The van der Waals surface area contributed by atoms with E-state index in [4.69, 9.17) is 0 Å². The van der Waals surface area contributed by atoms with Gasteiger partial charge in [-0.25, -0.2) is 0 Å². The zero-order valence-electron chi connectivity index (χ0n) is 18.7. The molecule has 0 fully saturated rings. The fraction of sp³-hybridized carbons (Fsp3) is 0. The summed E-state index contributed by atoms with van der Waals surface area (Å²) in [7, 11) is 0. The van der Waals surface area contributed by atoms with Crippen LogP contribution in [-0.2, 0) is 0 Å². The third-order valence-electron chi connectivity index (χ3n) is 7.04. The summed E-state index contributed by atoms with van der Waals surface area (Å²) in [6, 6.07) is 48.6. The highest BCUT2D eigenvalue weighted by molar-refractivity contribution is 6.17. The van der Waals surface area contributed by atoms with Crippen LogP contribution in [0.15, 0.2) is 133 Å². The lowest BCUT2D eigenvalue weighted by molar-refractivity contribution is 1.66. The molecule has 0 heterocycles. The van der Waals surface area contributed by atoms with E-state index in [2.05, 4.69) is 133 Å². The maximum Gasteiger partial charge on any atom is -0.00928 e. The Labute approximate surface area is 198 Å². The van der Waals surface area contributed by atoms with Crippen LogP contribution in [0.1, 0.15) is 0 Å². The van der Waals surface area contributed by atoms with Crippen molar-refractivity contribution in [2.75, 3.05) is 0 Å². The van der Waals surface area contributed by atoms with E-state index >= 15 is 0 Å². The molecule has 0 N–H and O–H groups in total. The highest BCUT2D eigenvalue weighted by Crippen LogP contribution is 2.41. The molecule has 7 rings (SSSR count). The molecule has 0 amide bonds. The van der Waals surface area contributed by atoms with E-state index in [1.54, 1.807) is 0 Å². The summed E-state index contributed by atoms with van der Waals surface area (Å²) in [4.78, 5) is 0. The van der Waals surface area contributed by atoms with Crippen LogP contribution in [0.2, 0.25) is 0 Å². The van der Waals surface area contributed by atoms with Gasteiger partial charge in [-0.05, 0) is 77.5 Å². The molecule has 0 aliphatic carbocycles. The molecule has 0 atom stereocenters. The SMILES string of the molecule is c1ccc2cc(-c3ccc(-c4cc5ccccc5c5ccccc45)c4ccccc34)ccc2c1. The van der Waals surface area contributed by atoms with E-state index in [0.717, 1.165) is 0 Å². The monoisotopic (exact) mass is 430 g/mol. The van der Waals surface area contributed by atoms with Crippen molar-refractivity contribution in [3.05, 3.63) is 133 Å². The molecule has 0 aliphatic rings. The van der Waals surface area contributed by atoms with Gasteiger partial charge in [-0.15, -0.1) is 0 Å². The van der Waals surface area contributed by atoms with Crippen molar-refractivity contribution in [1.82, 2.24) is 0 Å². The van der Waals surface area contributed by atoms with E-state index in [1.165, 1.54) is 65.3 Å². The Morgan fingerprint density at radius 3 is 1.56 bits per heavy atom. The highest BCUT2D eigenvalue weighted by atomic mass is 14.2. The van der Waals surface area contributed by atoms with Crippen LogP contribution in [0.4, 0.5) is 0 Å².